The van der Waals surface area contributed by atoms with Gasteiger partial charge in [-0.3, -0.25) is 0 Å². The minimum atomic E-state index is -3.77. The van der Waals surface area contributed by atoms with E-state index in [0.29, 0.717) is 16.3 Å². The van der Waals surface area contributed by atoms with Crippen LogP contribution in [0.1, 0.15) is 21.5 Å². The molecular weight excluding hydrogens is 378 g/mol. The number of sulfonamides is 1. The van der Waals surface area contributed by atoms with Gasteiger partial charge in [-0.25, -0.2) is 17.9 Å². The van der Waals surface area contributed by atoms with E-state index >= 15 is 0 Å². The van der Waals surface area contributed by atoms with Crippen LogP contribution in [0.3, 0.4) is 0 Å². The maximum Gasteiger partial charge on any atom is 0.338 e. The van der Waals surface area contributed by atoms with Crippen molar-refractivity contribution in [1.82, 2.24) is 4.72 Å². The molecular formula is C18H20ClNO5S. The Balaban J connectivity index is 2.00. The van der Waals surface area contributed by atoms with Gasteiger partial charge in [-0.1, -0.05) is 23.7 Å². The lowest BCUT2D eigenvalue weighted by molar-refractivity contribution is 0.0599. The van der Waals surface area contributed by atoms with Crippen LogP contribution in [0.5, 0.6) is 5.75 Å². The Morgan fingerprint density at radius 3 is 2.46 bits per heavy atom. The number of ether oxygens (including phenoxy) is 2. The van der Waals surface area contributed by atoms with E-state index in [2.05, 4.69) is 9.46 Å². The summed E-state index contributed by atoms with van der Waals surface area (Å²) in [6.07, 6.45) is 0. The molecule has 0 bridgehead atoms. The molecule has 0 heterocycles. The smallest absolute Gasteiger partial charge is 0.338 e. The van der Waals surface area contributed by atoms with Gasteiger partial charge < -0.3 is 9.47 Å². The number of halogens is 1. The zero-order valence-electron chi connectivity index (χ0n) is 14.7. The second-order valence-corrected chi connectivity index (χ2v) is 7.80. The van der Waals surface area contributed by atoms with E-state index in [-0.39, 0.29) is 23.6 Å². The third-order valence-corrected chi connectivity index (χ3v) is 5.60. The number of rotatable bonds is 7. The Morgan fingerprint density at radius 2 is 1.81 bits per heavy atom. The van der Waals surface area contributed by atoms with E-state index in [1.54, 1.807) is 25.1 Å². The van der Waals surface area contributed by atoms with Gasteiger partial charge in [0.1, 0.15) is 12.4 Å². The van der Waals surface area contributed by atoms with Gasteiger partial charge >= 0.3 is 5.97 Å². The lowest BCUT2D eigenvalue weighted by atomic mass is 10.1. The van der Waals surface area contributed by atoms with Crippen molar-refractivity contribution in [3.63, 3.8) is 0 Å². The van der Waals surface area contributed by atoms with Crippen LogP contribution in [-0.4, -0.2) is 34.6 Å². The average Bonchev–Trinajstić information content (AvgIpc) is 2.61. The first kappa shape index (κ1) is 20.2. The number of benzene rings is 2. The summed E-state index contributed by atoms with van der Waals surface area (Å²) in [7, 11) is -2.53. The summed E-state index contributed by atoms with van der Waals surface area (Å²) in [4.78, 5) is 11.7. The SMILES string of the molecule is COC(=O)c1cc(S(=O)(=O)NCCOc2ccc(C)c(Cl)c2)ccc1C. The van der Waals surface area contributed by atoms with Gasteiger partial charge in [0.25, 0.3) is 0 Å². The molecule has 140 valence electrons. The van der Waals surface area contributed by atoms with E-state index in [1.165, 1.54) is 19.2 Å². The molecule has 6 nitrogen and oxygen atoms in total. The highest BCUT2D eigenvalue weighted by atomic mass is 35.5. The summed E-state index contributed by atoms with van der Waals surface area (Å²) >= 11 is 6.02. The van der Waals surface area contributed by atoms with Gasteiger partial charge in [-0.15, -0.1) is 0 Å². The van der Waals surface area contributed by atoms with E-state index in [4.69, 9.17) is 16.3 Å². The van der Waals surface area contributed by atoms with Crippen molar-refractivity contribution < 1.29 is 22.7 Å². The standard InChI is InChI=1S/C18H20ClNO5S/c1-12-5-7-15(11-16(12)18(21)24-3)26(22,23)20-8-9-25-14-6-4-13(2)17(19)10-14/h4-7,10-11,20H,8-9H2,1-3H3. The number of hydrogen-bond acceptors (Lipinski definition) is 5. The van der Waals surface area contributed by atoms with Crippen molar-refractivity contribution in [2.75, 3.05) is 20.3 Å². The molecule has 0 saturated heterocycles. The molecule has 0 aliphatic carbocycles. The molecule has 1 N–H and O–H groups in total. The third kappa shape index (κ3) is 4.97. The number of carbonyl (C=O) groups is 1. The number of esters is 1. The van der Waals surface area contributed by atoms with Gasteiger partial charge in [0.15, 0.2) is 0 Å². The monoisotopic (exact) mass is 397 g/mol. The normalized spacial score (nSPS) is 11.2. The maximum absolute atomic E-state index is 12.4. The van der Waals surface area contributed by atoms with E-state index in [9.17, 15) is 13.2 Å². The average molecular weight is 398 g/mol. The summed E-state index contributed by atoms with van der Waals surface area (Å²) in [6, 6.07) is 9.55. The molecule has 26 heavy (non-hydrogen) atoms. The van der Waals surface area contributed by atoms with Crippen LogP contribution in [0.2, 0.25) is 5.02 Å². The van der Waals surface area contributed by atoms with Crippen LogP contribution in [0.4, 0.5) is 0 Å². The maximum atomic E-state index is 12.4. The quantitative estimate of drug-likeness (QED) is 0.573. The minimum Gasteiger partial charge on any atom is -0.492 e. The molecule has 0 saturated carbocycles. The predicted octanol–water partition coefficient (Wildman–Crippen LogP) is 3.10. The van der Waals surface area contributed by atoms with Gasteiger partial charge in [0.2, 0.25) is 10.0 Å². The van der Waals surface area contributed by atoms with Gasteiger partial charge in [0, 0.05) is 11.6 Å². The summed E-state index contributed by atoms with van der Waals surface area (Å²) in [6.45, 7) is 3.78. The molecule has 0 spiro atoms. The fourth-order valence-electron chi connectivity index (χ4n) is 2.19. The van der Waals surface area contributed by atoms with E-state index in [0.717, 1.165) is 5.56 Å². The first-order chi connectivity index (χ1) is 12.2. The zero-order valence-corrected chi connectivity index (χ0v) is 16.3. The summed E-state index contributed by atoms with van der Waals surface area (Å²) in [5, 5.41) is 0.582. The second-order valence-electron chi connectivity index (χ2n) is 5.63. The molecule has 2 aromatic rings. The first-order valence-electron chi connectivity index (χ1n) is 7.82. The van der Waals surface area contributed by atoms with Crippen molar-refractivity contribution in [2.45, 2.75) is 18.7 Å². The largest absolute Gasteiger partial charge is 0.492 e. The van der Waals surface area contributed by atoms with Crippen molar-refractivity contribution in [3.05, 3.63) is 58.1 Å². The molecule has 8 heteroatoms. The van der Waals surface area contributed by atoms with Crippen molar-refractivity contribution >= 4 is 27.6 Å². The van der Waals surface area contributed by atoms with E-state index in [1.807, 2.05) is 13.0 Å². The molecule has 0 aromatic heterocycles. The molecule has 0 unspecified atom stereocenters. The molecule has 0 fully saturated rings. The molecule has 0 amide bonds. The molecule has 0 aliphatic rings. The number of carbonyl (C=O) groups excluding carboxylic acids is 1. The molecule has 2 aromatic carbocycles. The van der Waals surface area contributed by atoms with Crippen LogP contribution in [0, 0.1) is 13.8 Å². The third-order valence-electron chi connectivity index (χ3n) is 3.73. The lowest BCUT2D eigenvalue weighted by Gasteiger charge is -2.11. The highest BCUT2D eigenvalue weighted by Crippen LogP contribution is 2.21. The number of nitrogens with one attached hydrogen (secondary N) is 1. The van der Waals surface area contributed by atoms with Crippen molar-refractivity contribution in [3.8, 4) is 5.75 Å². The Morgan fingerprint density at radius 1 is 1.12 bits per heavy atom. The Kier molecular flexibility index (Phi) is 6.63. The first-order valence-corrected chi connectivity index (χ1v) is 9.68. The summed E-state index contributed by atoms with van der Waals surface area (Å²) in [5.41, 5.74) is 1.77. The van der Waals surface area contributed by atoms with Crippen LogP contribution in [-0.2, 0) is 14.8 Å². The Labute approximate surface area is 158 Å². The summed E-state index contributed by atoms with van der Waals surface area (Å²) in [5.74, 6) is -0.0257. The molecule has 2 rings (SSSR count). The second kappa shape index (κ2) is 8.53. The highest BCUT2D eigenvalue weighted by molar-refractivity contribution is 7.89. The minimum absolute atomic E-state index is 0.0121. The number of methoxy groups -OCH3 is 1. The molecule has 0 atom stereocenters. The number of hydrogen-bond donors (Lipinski definition) is 1. The fourth-order valence-corrected chi connectivity index (χ4v) is 3.40. The number of aryl methyl sites for hydroxylation is 2. The van der Waals surface area contributed by atoms with Gasteiger partial charge in [0.05, 0.1) is 17.6 Å². The fraction of sp³-hybridized carbons (Fsp3) is 0.278. The zero-order chi connectivity index (χ0) is 19.3. The topological polar surface area (TPSA) is 81.7 Å². The Bertz CT molecular complexity index is 912. The Hall–Kier alpha value is -2.09. The van der Waals surface area contributed by atoms with E-state index < -0.39 is 16.0 Å². The van der Waals surface area contributed by atoms with Crippen LogP contribution < -0.4 is 9.46 Å². The lowest BCUT2D eigenvalue weighted by Crippen LogP contribution is -2.28. The summed E-state index contributed by atoms with van der Waals surface area (Å²) < 4.78 is 37.3. The predicted molar refractivity (Wildman–Crippen MR) is 99.4 cm³/mol. The molecule has 0 aliphatic heterocycles. The molecule has 0 radical (unpaired) electrons. The van der Waals surface area contributed by atoms with Crippen LogP contribution >= 0.6 is 11.6 Å². The highest BCUT2D eigenvalue weighted by Gasteiger charge is 2.18. The van der Waals surface area contributed by atoms with Gasteiger partial charge in [-0.2, -0.15) is 0 Å². The van der Waals surface area contributed by atoms with Crippen LogP contribution in [0.25, 0.3) is 0 Å². The van der Waals surface area contributed by atoms with Gasteiger partial charge in [-0.05, 0) is 49.2 Å². The van der Waals surface area contributed by atoms with Crippen LogP contribution in [0.15, 0.2) is 41.3 Å². The van der Waals surface area contributed by atoms with Crippen molar-refractivity contribution in [2.24, 2.45) is 0 Å². The van der Waals surface area contributed by atoms with Crippen molar-refractivity contribution in [1.29, 1.82) is 0 Å².